The van der Waals surface area contributed by atoms with E-state index in [1.807, 2.05) is 0 Å². The first-order valence-corrected chi connectivity index (χ1v) is 7.64. The van der Waals surface area contributed by atoms with Crippen molar-refractivity contribution in [3.63, 3.8) is 0 Å². The van der Waals surface area contributed by atoms with E-state index >= 15 is 0 Å². The molecule has 7 heteroatoms. The maximum absolute atomic E-state index is 12.5. The predicted octanol–water partition coefficient (Wildman–Crippen LogP) is -1.14. The Morgan fingerprint density at radius 2 is 1.88 bits per heavy atom. The summed E-state index contributed by atoms with van der Waals surface area (Å²) in [4.78, 5) is 0. The molecular formula is C10H19N3O3S. The fourth-order valence-corrected chi connectivity index (χ4v) is 4.85. The number of rotatable bonds is 2. The molecule has 3 aliphatic rings. The van der Waals surface area contributed by atoms with Crippen LogP contribution in [-0.2, 0) is 14.9 Å². The Bertz CT molecular complexity index is 380. The predicted molar refractivity (Wildman–Crippen MR) is 62.8 cm³/mol. The first-order valence-electron chi connectivity index (χ1n) is 6.25. The van der Waals surface area contributed by atoms with Crippen molar-refractivity contribution >= 4 is 10.2 Å². The summed E-state index contributed by atoms with van der Waals surface area (Å²) in [5, 5.41) is 3.28. The molecule has 2 atom stereocenters. The van der Waals surface area contributed by atoms with Gasteiger partial charge in [-0.25, -0.2) is 0 Å². The molecule has 0 aromatic carbocycles. The lowest BCUT2D eigenvalue weighted by Crippen LogP contribution is -2.51. The van der Waals surface area contributed by atoms with Gasteiger partial charge in [0.15, 0.2) is 0 Å². The van der Waals surface area contributed by atoms with Crippen LogP contribution in [0.1, 0.15) is 6.42 Å². The van der Waals surface area contributed by atoms with E-state index in [0.717, 1.165) is 19.5 Å². The van der Waals surface area contributed by atoms with Gasteiger partial charge < -0.3 is 10.1 Å². The molecule has 1 N–H and O–H groups in total. The fraction of sp³-hybridized carbons (Fsp3) is 1.00. The topological polar surface area (TPSA) is 61.9 Å². The van der Waals surface area contributed by atoms with E-state index in [1.165, 1.54) is 0 Å². The second-order valence-electron chi connectivity index (χ2n) is 4.90. The third-order valence-electron chi connectivity index (χ3n) is 3.99. The summed E-state index contributed by atoms with van der Waals surface area (Å²) in [6, 6.07) is 0.169. The van der Waals surface area contributed by atoms with Crippen LogP contribution in [0.25, 0.3) is 0 Å². The van der Waals surface area contributed by atoms with Gasteiger partial charge in [-0.3, -0.25) is 0 Å². The zero-order chi connectivity index (χ0) is 11.9. The summed E-state index contributed by atoms with van der Waals surface area (Å²) in [5.74, 6) is 0.505. The van der Waals surface area contributed by atoms with Crippen LogP contribution in [0.15, 0.2) is 0 Å². The smallest absolute Gasteiger partial charge is 0.282 e. The summed E-state index contributed by atoms with van der Waals surface area (Å²) in [7, 11) is -3.27. The van der Waals surface area contributed by atoms with Crippen molar-refractivity contribution in [3.8, 4) is 0 Å². The van der Waals surface area contributed by atoms with E-state index in [2.05, 4.69) is 5.32 Å². The Kier molecular flexibility index (Phi) is 3.12. The first-order chi connectivity index (χ1) is 8.19. The number of nitrogens with one attached hydrogen (secondary N) is 1. The van der Waals surface area contributed by atoms with Gasteiger partial charge in [-0.05, 0) is 18.9 Å². The maximum atomic E-state index is 12.5. The number of fused-ring (bicyclic) bond motifs is 1. The average molecular weight is 261 g/mol. The lowest BCUT2D eigenvalue weighted by Gasteiger charge is -2.32. The van der Waals surface area contributed by atoms with Crippen LogP contribution in [0, 0.1) is 5.92 Å². The molecular weight excluding hydrogens is 242 g/mol. The fourth-order valence-electron chi connectivity index (χ4n) is 3.02. The molecule has 6 nitrogen and oxygen atoms in total. The molecule has 3 heterocycles. The van der Waals surface area contributed by atoms with E-state index < -0.39 is 10.2 Å². The number of ether oxygens (including phenoxy) is 1. The van der Waals surface area contributed by atoms with Crippen LogP contribution >= 0.6 is 0 Å². The molecule has 0 saturated carbocycles. The summed E-state index contributed by atoms with van der Waals surface area (Å²) < 4.78 is 33.5. The number of hydrogen-bond donors (Lipinski definition) is 1. The number of nitrogens with zero attached hydrogens (tertiary/aromatic N) is 2. The minimum absolute atomic E-state index is 0.169. The normalized spacial score (nSPS) is 36.2. The lowest BCUT2D eigenvalue weighted by molar-refractivity contribution is 0.0699. The van der Waals surface area contributed by atoms with E-state index in [-0.39, 0.29) is 6.04 Å². The molecule has 3 rings (SSSR count). The van der Waals surface area contributed by atoms with E-state index in [4.69, 9.17) is 4.74 Å². The second-order valence-corrected chi connectivity index (χ2v) is 6.79. The van der Waals surface area contributed by atoms with Crippen LogP contribution in [0.2, 0.25) is 0 Å². The Labute approximate surface area is 102 Å². The maximum Gasteiger partial charge on any atom is 0.282 e. The molecule has 0 aliphatic carbocycles. The quantitative estimate of drug-likeness (QED) is 0.682. The van der Waals surface area contributed by atoms with E-state index in [1.54, 1.807) is 8.61 Å². The molecule has 0 spiro atoms. The zero-order valence-corrected chi connectivity index (χ0v) is 10.7. The third-order valence-corrected chi connectivity index (χ3v) is 6.05. The standard InChI is InChI=1S/C10H19N3O3S/c14-17(15,12-3-5-16-6-4-12)13-2-1-9-7-11-8-10(9)13/h9-11H,1-8H2/t9-,10+/m0/s1. The minimum atomic E-state index is -3.27. The number of morpholine rings is 1. The van der Waals surface area contributed by atoms with Crippen molar-refractivity contribution in [2.75, 3.05) is 45.9 Å². The molecule has 98 valence electrons. The second kappa shape index (κ2) is 4.47. The summed E-state index contributed by atoms with van der Waals surface area (Å²) in [5.41, 5.74) is 0. The van der Waals surface area contributed by atoms with E-state index in [9.17, 15) is 8.42 Å². The highest BCUT2D eigenvalue weighted by atomic mass is 32.2. The van der Waals surface area contributed by atoms with Crippen molar-refractivity contribution in [2.45, 2.75) is 12.5 Å². The molecule has 17 heavy (non-hydrogen) atoms. The summed E-state index contributed by atoms with van der Waals surface area (Å²) >= 11 is 0. The van der Waals surface area contributed by atoms with Gasteiger partial charge >= 0.3 is 0 Å². The molecule has 3 saturated heterocycles. The third kappa shape index (κ3) is 2.00. The monoisotopic (exact) mass is 261 g/mol. The Morgan fingerprint density at radius 1 is 1.12 bits per heavy atom. The molecule has 0 aromatic rings. The van der Waals surface area contributed by atoms with Crippen molar-refractivity contribution < 1.29 is 13.2 Å². The van der Waals surface area contributed by atoms with Gasteiger partial charge in [0, 0.05) is 32.2 Å². The van der Waals surface area contributed by atoms with Crippen molar-refractivity contribution in [1.29, 1.82) is 0 Å². The van der Waals surface area contributed by atoms with Crippen LogP contribution < -0.4 is 5.32 Å². The van der Waals surface area contributed by atoms with Crippen molar-refractivity contribution in [2.24, 2.45) is 5.92 Å². The highest BCUT2D eigenvalue weighted by Crippen LogP contribution is 2.30. The van der Waals surface area contributed by atoms with Crippen LogP contribution in [0.4, 0.5) is 0 Å². The van der Waals surface area contributed by atoms with Gasteiger partial charge in [-0.1, -0.05) is 0 Å². The molecule has 3 aliphatic heterocycles. The summed E-state index contributed by atoms with van der Waals surface area (Å²) in [6.45, 7) is 4.44. The first kappa shape index (κ1) is 11.9. The SMILES string of the molecule is O=S(=O)(N1CCOCC1)N1CC[C@H]2CNC[C@H]21. The lowest BCUT2D eigenvalue weighted by atomic mass is 10.1. The Balaban J connectivity index is 1.77. The van der Waals surface area contributed by atoms with E-state index in [0.29, 0.717) is 38.8 Å². The Hall–Kier alpha value is -0.210. The van der Waals surface area contributed by atoms with Gasteiger partial charge in [0.2, 0.25) is 0 Å². The van der Waals surface area contributed by atoms with Gasteiger partial charge in [0.1, 0.15) is 0 Å². The van der Waals surface area contributed by atoms with Gasteiger partial charge in [-0.2, -0.15) is 17.0 Å². The molecule has 3 fully saturated rings. The van der Waals surface area contributed by atoms with Gasteiger partial charge in [0.05, 0.1) is 13.2 Å². The number of hydrogen-bond acceptors (Lipinski definition) is 4. The van der Waals surface area contributed by atoms with Crippen LogP contribution in [0.3, 0.4) is 0 Å². The zero-order valence-electron chi connectivity index (χ0n) is 9.84. The van der Waals surface area contributed by atoms with Crippen LogP contribution in [0.5, 0.6) is 0 Å². The largest absolute Gasteiger partial charge is 0.379 e. The van der Waals surface area contributed by atoms with Crippen LogP contribution in [-0.4, -0.2) is 69.0 Å². The van der Waals surface area contributed by atoms with Gasteiger partial charge in [-0.15, -0.1) is 0 Å². The minimum Gasteiger partial charge on any atom is -0.379 e. The Morgan fingerprint density at radius 3 is 2.65 bits per heavy atom. The molecule has 0 amide bonds. The molecule has 0 aromatic heterocycles. The van der Waals surface area contributed by atoms with Gasteiger partial charge in [0.25, 0.3) is 10.2 Å². The molecule has 0 radical (unpaired) electrons. The van der Waals surface area contributed by atoms with Crippen molar-refractivity contribution in [1.82, 2.24) is 13.9 Å². The highest BCUT2D eigenvalue weighted by Gasteiger charge is 2.45. The average Bonchev–Trinajstić information content (AvgIpc) is 2.91. The molecule has 0 unspecified atom stereocenters. The summed E-state index contributed by atoms with van der Waals surface area (Å²) in [6.07, 6.45) is 0.987. The van der Waals surface area contributed by atoms with Crippen molar-refractivity contribution in [3.05, 3.63) is 0 Å². The molecule has 0 bridgehead atoms. The highest BCUT2D eigenvalue weighted by molar-refractivity contribution is 7.86.